The SMILES string of the molecule is O=C(CN1C(=O)CNC1=O)N1CCC(C(O)c2cccs2)CC1. The molecule has 3 heterocycles. The molecule has 0 bridgehead atoms. The summed E-state index contributed by atoms with van der Waals surface area (Å²) < 4.78 is 0. The van der Waals surface area contributed by atoms with Gasteiger partial charge in [-0.25, -0.2) is 4.79 Å². The van der Waals surface area contributed by atoms with Crippen molar-refractivity contribution < 1.29 is 19.5 Å². The van der Waals surface area contributed by atoms with Gasteiger partial charge >= 0.3 is 6.03 Å². The van der Waals surface area contributed by atoms with E-state index < -0.39 is 12.1 Å². The van der Waals surface area contributed by atoms with Crippen LogP contribution in [0.25, 0.3) is 0 Å². The second kappa shape index (κ2) is 6.67. The molecule has 3 rings (SSSR count). The van der Waals surface area contributed by atoms with E-state index in [-0.39, 0.29) is 30.8 Å². The molecule has 1 atom stereocenters. The number of nitrogens with one attached hydrogen (secondary N) is 1. The molecular weight excluding hydrogens is 318 g/mol. The van der Waals surface area contributed by atoms with E-state index in [2.05, 4.69) is 5.32 Å². The molecule has 0 saturated carbocycles. The van der Waals surface area contributed by atoms with Crippen LogP contribution in [0.2, 0.25) is 0 Å². The molecule has 0 radical (unpaired) electrons. The highest BCUT2D eigenvalue weighted by Gasteiger charge is 2.33. The summed E-state index contributed by atoms with van der Waals surface area (Å²) in [6.07, 6.45) is 0.939. The number of piperidine rings is 1. The number of hydrogen-bond acceptors (Lipinski definition) is 5. The molecule has 0 spiro atoms. The number of nitrogens with zero attached hydrogens (tertiary/aromatic N) is 2. The average molecular weight is 337 g/mol. The quantitative estimate of drug-likeness (QED) is 0.786. The highest BCUT2D eigenvalue weighted by molar-refractivity contribution is 7.10. The zero-order valence-corrected chi connectivity index (χ0v) is 13.4. The van der Waals surface area contributed by atoms with Crippen LogP contribution in [0.1, 0.15) is 23.8 Å². The Morgan fingerprint density at radius 2 is 2.13 bits per heavy atom. The molecule has 2 aliphatic rings. The number of carbonyl (C=O) groups excluding carboxylic acids is 3. The summed E-state index contributed by atoms with van der Waals surface area (Å²) in [4.78, 5) is 38.8. The molecule has 2 fully saturated rings. The lowest BCUT2D eigenvalue weighted by molar-refractivity contribution is -0.137. The Morgan fingerprint density at radius 3 is 2.70 bits per heavy atom. The molecule has 1 unspecified atom stereocenters. The highest BCUT2D eigenvalue weighted by atomic mass is 32.1. The average Bonchev–Trinajstić information content (AvgIpc) is 3.20. The van der Waals surface area contributed by atoms with Crippen molar-refractivity contribution in [3.05, 3.63) is 22.4 Å². The van der Waals surface area contributed by atoms with E-state index in [0.29, 0.717) is 25.9 Å². The highest BCUT2D eigenvalue weighted by Crippen LogP contribution is 2.32. The first kappa shape index (κ1) is 15.9. The van der Waals surface area contributed by atoms with E-state index in [1.165, 1.54) is 11.3 Å². The van der Waals surface area contributed by atoms with Gasteiger partial charge in [0.1, 0.15) is 6.54 Å². The Labute approximate surface area is 137 Å². The van der Waals surface area contributed by atoms with Crippen LogP contribution in [0.15, 0.2) is 17.5 Å². The van der Waals surface area contributed by atoms with Crippen molar-refractivity contribution in [2.75, 3.05) is 26.2 Å². The van der Waals surface area contributed by atoms with Crippen molar-refractivity contribution >= 4 is 29.2 Å². The number of aliphatic hydroxyl groups is 1. The maximum Gasteiger partial charge on any atom is 0.325 e. The van der Waals surface area contributed by atoms with Crippen LogP contribution in [0.3, 0.4) is 0 Å². The lowest BCUT2D eigenvalue weighted by atomic mass is 9.90. The Balaban J connectivity index is 1.51. The van der Waals surface area contributed by atoms with Crippen LogP contribution in [-0.2, 0) is 9.59 Å². The monoisotopic (exact) mass is 337 g/mol. The number of rotatable bonds is 4. The van der Waals surface area contributed by atoms with E-state index in [4.69, 9.17) is 0 Å². The number of thiophene rings is 1. The lowest BCUT2D eigenvalue weighted by Gasteiger charge is -2.34. The normalized spacial score (nSPS) is 20.7. The van der Waals surface area contributed by atoms with Crippen molar-refractivity contribution in [3.63, 3.8) is 0 Å². The van der Waals surface area contributed by atoms with Gasteiger partial charge in [-0.05, 0) is 30.2 Å². The Morgan fingerprint density at radius 1 is 1.39 bits per heavy atom. The minimum atomic E-state index is -0.508. The summed E-state index contributed by atoms with van der Waals surface area (Å²) in [7, 11) is 0. The zero-order valence-electron chi connectivity index (χ0n) is 12.6. The zero-order chi connectivity index (χ0) is 16.4. The van der Waals surface area contributed by atoms with Gasteiger partial charge in [-0.1, -0.05) is 6.07 Å². The van der Waals surface area contributed by atoms with E-state index in [1.54, 1.807) is 4.90 Å². The van der Waals surface area contributed by atoms with Crippen molar-refractivity contribution in [2.24, 2.45) is 5.92 Å². The van der Waals surface area contributed by atoms with Crippen LogP contribution < -0.4 is 5.32 Å². The minimum absolute atomic E-state index is 0.0405. The first-order chi connectivity index (χ1) is 11.1. The topological polar surface area (TPSA) is 90.0 Å². The largest absolute Gasteiger partial charge is 0.387 e. The molecular formula is C15H19N3O4S. The molecule has 2 aliphatic heterocycles. The van der Waals surface area contributed by atoms with Crippen LogP contribution in [-0.4, -0.2) is 58.9 Å². The molecule has 0 aliphatic carbocycles. The second-order valence-electron chi connectivity index (χ2n) is 5.82. The molecule has 4 amide bonds. The number of urea groups is 1. The van der Waals surface area contributed by atoms with Gasteiger partial charge < -0.3 is 15.3 Å². The summed E-state index contributed by atoms with van der Waals surface area (Å²) in [6.45, 7) is 0.829. The molecule has 23 heavy (non-hydrogen) atoms. The van der Waals surface area contributed by atoms with Crippen LogP contribution in [0, 0.1) is 5.92 Å². The molecule has 124 valence electrons. The van der Waals surface area contributed by atoms with Gasteiger partial charge in [0.15, 0.2) is 0 Å². The Bertz CT molecular complexity index is 580. The maximum atomic E-state index is 12.2. The van der Waals surface area contributed by atoms with Crippen LogP contribution in [0.4, 0.5) is 4.79 Å². The molecule has 1 aromatic heterocycles. The number of carbonyl (C=O) groups is 3. The van der Waals surface area contributed by atoms with E-state index >= 15 is 0 Å². The molecule has 8 heteroatoms. The van der Waals surface area contributed by atoms with Gasteiger partial charge in [0.2, 0.25) is 5.91 Å². The van der Waals surface area contributed by atoms with Gasteiger partial charge in [0.05, 0.1) is 12.6 Å². The summed E-state index contributed by atoms with van der Waals surface area (Å²) >= 11 is 1.53. The summed E-state index contributed by atoms with van der Waals surface area (Å²) in [6, 6.07) is 3.33. The maximum absolute atomic E-state index is 12.2. The molecule has 0 aromatic carbocycles. The fourth-order valence-electron chi connectivity index (χ4n) is 3.01. The van der Waals surface area contributed by atoms with Crippen LogP contribution in [0.5, 0.6) is 0 Å². The third-order valence-corrected chi connectivity index (χ3v) is 5.35. The minimum Gasteiger partial charge on any atom is -0.387 e. The predicted molar refractivity (Wildman–Crippen MR) is 83.7 cm³/mol. The van der Waals surface area contributed by atoms with Crippen molar-refractivity contribution in [3.8, 4) is 0 Å². The lowest BCUT2D eigenvalue weighted by Crippen LogP contribution is -2.46. The van der Waals surface area contributed by atoms with Gasteiger partial charge in [-0.15, -0.1) is 11.3 Å². The van der Waals surface area contributed by atoms with Gasteiger partial charge in [-0.2, -0.15) is 0 Å². The summed E-state index contributed by atoms with van der Waals surface area (Å²) in [5.74, 6) is -0.458. The molecule has 2 saturated heterocycles. The Kier molecular flexibility index (Phi) is 4.63. The third kappa shape index (κ3) is 3.37. The van der Waals surface area contributed by atoms with Crippen molar-refractivity contribution in [1.29, 1.82) is 0 Å². The number of imide groups is 1. The number of aliphatic hydroxyl groups excluding tert-OH is 1. The fourth-order valence-corrected chi connectivity index (χ4v) is 3.81. The van der Waals surface area contributed by atoms with Crippen molar-refractivity contribution in [2.45, 2.75) is 18.9 Å². The second-order valence-corrected chi connectivity index (χ2v) is 6.80. The predicted octanol–water partition coefficient (Wildman–Crippen LogP) is 0.572. The molecule has 7 nitrogen and oxygen atoms in total. The summed E-state index contributed by atoms with van der Waals surface area (Å²) in [5, 5.41) is 14.7. The van der Waals surface area contributed by atoms with E-state index in [9.17, 15) is 19.5 Å². The van der Waals surface area contributed by atoms with E-state index in [1.807, 2.05) is 17.5 Å². The number of amides is 4. The molecule has 1 aromatic rings. The number of likely N-dealkylation sites (tertiary alicyclic amines) is 1. The third-order valence-electron chi connectivity index (χ3n) is 4.40. The smallest absolute Gasteiger partial charge is 0.325 e. The van der Waals surface area contributed by atoms with Gasteiger partial charge in [0, 0.05) is 18.0 Å². The standard InChI is InChI=1S/C15H19N3O4S/c19-12-8-16-15(22)18(12)9-13(20)17-5-3-10(4-6-17)14(21)11-2-1-7-23-11/h1-2,7,10,14,21H,3-6,8-9H2,(H,16,22). The number of hydrogen-bond donors (Lipinski definition) is 2. The first-order valence-corrected chi connectivity index (χ1v) is 8.51. The Hall–Kier alpha value is -1.93. The van der Waals surface area contributed by atoms with Gasteiger partial charge in [0.25, 0.3) is 5.91 Å². The first-order valence-electron chi connectivity index (χ1n) is 7.63. The van der Waals surface area contributed by atoms with Gasteiger partial charge in [-0.3, -0.25) is 14.5 Å². The fraction of sp³-hybridized carbons (Fsp3) is 0.533. The van der Waals surface area contributed by atoms with Crippen LogP contribution >= 0.6 is 11.3 Å². The molecule has 2 N–H and O–H groups in total. The van der Waals surface area contributed by atoms with E-state index in [0.717, 1.165) is 9.78 Å². The van der Waals surface area contributed by atoms with Crippen molar-refractivity contribution in [1.82, 2.24) is 15.1 Å². The summed E-state index contributed by atoms with van der Waals surface area (Å²) in [5.41, 5.74) is 0.